The lowest BCUT2D eigenvalue weighted by molar-refractivity contribution is -0.156. The fourth-order valence-corrected chi connectivity index (χ4v) is 3.09. The van der Waals surface area contributed by atoms with Crippen LogP contribution in [0, 0.1) is 0 Å². The number of aromatic nitrogens is 2. The summed E-state index contributed by atoms with van der Waals surface area (Å²) in [4.78, 5) is 32.7. The monoisotopic (exact) mass is 340 g/mol. The summed E-state index contributed by atoms with van der Waals surface area (Å²) < 4.78 is 5.24. The molecule has 2 heterocycles. The summed E-state index contributed by atoms with van der Waals surface area (Å²) in [6, 6.07) is 9.14. The van der Waals surface area contributed by atoms with Gasteiger partial charge in [-0.2, -0.15) is 4.98 Å². The van der Waals surface area contributed by atoms with Crippen molar-refractivity contribution in [3.05, 3.63) is 47.6 Å². The number of rotatable bonds is 5. The zero-order valence-electron chi connectivity index (χ0n) is 14.1. The number of nitrogens with zero attached hydrogens (tertiary/aromatic N) is 4. The molecule has 1 aromatic carbocycles. The molecule has 130 valence electrons. The predicted octanol–water partition coefficient (Wildman–Crippen LogP) is 1.71. The van der Waals surface area contributed by atoms with Gasteiger partial charge in [-0.15, -0.1) is 0 Å². The average Bonchev–Trinajstić information content (AvgIpc) is 3.36. The van der Waals surface area contributed by atoms with Crippen LogP contribution < -0.4 is 0 Å². The van der Waals surface area contributed by atoms with Crippen molar-refractivity contribution in [3.63, 3.8) is 0 Å². The summed E-state index contributed by atoms with van der Waals surface area (Å²) in [7, 11) is 0. The van der Waals surface area contributed by atoms with E-state index in [1.54, 1.807) is 11.8 Å². The van der Waals surface area contributed by atoms with E-state index in [0.29, 0.717) is 24.2 Å². The molecular weight excluding hydrogens is 320 g/mol. The van der Waals surface area contributed by atoms with Gasteiger partial charge in [-0.25, -0.2) is 0 Å². The molecule has 4 rings (SSSR count). The van der Waals surface area contributed by atoms with Crippen LogP contribution in [-0.4, -0.2) is 44.3 Å². The fourth-order valence-electron chi connectivity index (χ4n) is 3.09. The van der Waals surface area contributed by atoms with Crippen LogP contribution in [0.1, 0.15) is 43.0 Å². The predicted molar refractivity (Wildman–Crippen MR) is 88.1 cm³/mol. The van der Waals surface area contributed by atoms with E-state index in [1.807, 2.05) is 30.3 Å². The van der Waals surface area contributed by atoms with Crippen LogP contribution in [0.4, 0.5) is 0 Å². The van der Waals surface area contributed by atoms with Crippen molar-refractivity contribution >= 4 is 11.8 Å². The largest absolute Gasteiger partial charge is 0.337 e. The van der Waals surface area contributed by atoms with Crippen LogP contribution >= 0.6 is 0 Å². The SMILES string of the molecule is C[C@@H]1C(=O)N(Cc2ccccc2)CC(=O)N1Cc1nc(C2CC2)no1. The zero-order valence-corrected chi connectivity index (χ0v) is 14.1. The molecule has 2 amide bonds. The zero-order chi connectivity index (χ0) is 17.4. The Morgan fingerprint density at radius 2 is 1.92 bits per heavy atom. The molecule has 1 atom stereocenters. The Kier molecular flexibility index (Phi) is 3.99. The van der Waals surface area contributed by atoms with E-state index >= 15 is 0 Å². The van der Waals surface area contributed by atoms with Crippen LogP contribution in [0.5, 0.6) is 0 Å². The van der Waals surface area contributed by atoms with Crippen molar-refractivity contribution in [3.8, 4) is 0 Å². The van der Waals surface area contributed by atoms with Crippen molar-refractivity contribution in [2.75, 3.05) is 6.54 Å². The van der Waals surface area contributed by atoms with Gasteiger partial charge in [-0.05, 0) is 25.3 Å². The van der Waals surface area contributed by atoms with Crippen LogP contribution in [0.2, 0.25) is 0 Å². The lowest BCUT2D eigenvalue weighted by Crippen LogP contribution is -2.58. The standard InChI is InChI=1S/C18H20N4O3/c1-12-18(24)21(9-13-5-3-2-4-6-13)11-16(23)22(12)10-15-19-17(20-25-15)14-7-8-14/h2-6,12,14H,7-11H2,1H3/t12-/m1/s1. The van der Waals surface area contributed by atoms with Crippen molar-refractivity contribution in [1.82, 2.24) is 19.9 Å². The van der Waals surface area contributed by atoms with Gasteiger partial charge in [-0.3, -0.25) is 9.59 Å². The highest BCUT2D eigenvalue weighted by Crippen LogP contribution is 2.38. The average molecular weight is 340 g/mol. The summed E-state index contributed by atoms with van der Waals surface area (Å²) in [5.41, 5.74) is 1.01. The highest BCUT2D eigenvalue weighted by atomic mass is 16.5. The quantitative estimate of drug-likeness (QED) is 0.828. The Labute approximate surface area is 145 Å². The van der Waals surface area contributed by atoms with Crippen LogP contribution in [0.25, 0.3) is 0 Å². The Bertz CT molecular complexity index is 785. The molecule has 0 unspecified atom stereocenters. The number of amides is 2. The smallest absolute Gasteiger partial charge is 0.246 e. The van der Waals surface area contributed by atoms with Gasteiger partial charge in [0, 0.05) is 12.5 Å². The highest BCUT2D eigenvalue weighted by Gasteiger charge is 2.37. The number of benzene rings is 1. The summed E-state index contributed by atoms with van der Waals surface area (Å²) in [5, 5.41) is 3.96. The minimum absolute atomic E-state index is 0.0645. The van der Waals surface area contributed by atoms with Crippen LogP contribution in [0.3, 0.4) is 0 Å². The molecule has 2 aromatic rings. The van der Waals surface area contributed by atoms with Gasteiger partial charge in [0.1, 0.15) is 19.1 Å². The van der Waals surface area contributed by atoms with Crippen molar-refractivity contribution in [2.45, 2.75) is 44.8 Å². The lowest BCUT2D eigenvalue weighted by atomic mass is 10.1. The van der Waals surface area contributed by atoms with E-state index in [2.05, 4.69) is 10.1 Å². The molecule has 2 fully saturated rings. The molecule has 0 spiro atoms. The van der Waals surface area contributed by atoms with Gasteiger partial charge in [0.25, 0.3) is 0 Å². The van der Waals surface area contributed by atoms with Gasteiger partial charge < -0.3 is 14.3 Å². The Balaban J connectivity index is 1.44. The lowest BCUT2D eigenvalue weighted by Gasteiger charge is -2.38. The first kappa shape index (κ1) is 15.8. The first-order valence-corrected chi connectivity index (χ1v) is 8.56. The maximum atomic E-state index is 12.7. The molecular formula is C18H20N4O3. The summed E-state index contributed by atoms with van der Waals surface area (Å²) in [5.74, 6) is 1.34. The molecule has 25 heavy (non-hydrogen) atoms. The molecule has 7 heteroatoms. The minimum atomic E-state index is -0.541. The van der Waals surface area contributed by atoms with E-state index in [-0.39, 0.29) is 24.9 Å². The van der Waals surface area contributed by atoms with Crippen molar-refractivity contribution in [2.24, 2.45) is 0 Å². The summed E-state index contributed by atoms with van der Waals surface area (Å²) >= 11 is 0. The minimum Gasteiger partial charge on any atom is -0.337 e. The van der Waals surface area contributed by atoms with Crippen LogP contribution in [-0.2, 0) is 22.7 Å². The second-order valence-electron chi connectivity index (χ2n) is 6.70. The number of hydrogen-bond donors (Lipinski definition) is 0. The fraction of sp³-hybridized carbons (Fsp3) is 0.444. The maximum absolute atomic E-state index is 12.7. The van der Waals surface area contributed by atoms with Crippen molar-refractivity contribution in [1.29, 1.82) is 0 Å². The number of carbonyl (C=O) groups excluding carboxylic acids is 2. The van der Waals surface area contributed by atoms with E-state index in [9.17, 15) is 9.59 Å². The molecule has 1 aliphatic heterocycles. The third-order valence-electron chi connectivity index (χ3n) is 4.73. The van der Waals surface area contributed by atoms with E-state index in [1.165, 1.54) is 4.90 Å². The van der Waals surface area contributed by atoms with Crippen molar-refractivity contribution < 1.29 is 14.1 Å². The molecule has 0 radical (unpaired) electrons. The molecule has 1 saturated carbocycles. The first-order chi connectivity index (χ1) is 12.1. The molecule has 0 N–H and O–H groups in total. The van der Waals surface area contributed by atoms with E-state index in [0.717, 1.165) is 18.4 Å². The Hall–Kier alpha value is -2.70. The number of piperazine rings is 1. The normalized spacial score (nSPS) is 21.1. The molecule has 1 aromatic heterocycles. The Morgan fingerprint density at radius 1 is 1.16 bits per heavy atom. The molecule has 2 aliphatic rings. The van der Waals surface area contributed by atoms with Gasteiger partial charge in [0.2, 0.25) is 17.7 Å². The number of carbonyl (C=O) groups is 2. The highest BCUT2D eigenvalue weighted by molar-refractivity contribution is 5.94. The van der Waals surface area contributed by atoms with E-state index in [4.69, 9.17) is 4.52 Å². The van der Waals surface area contributed by atoms with Gasteiger partial charge in [0.15, 0.2) is 5.82 Å². The number of hydrogen-bond acceptors (Lipinski definition) is 5. The molecule has 7 nitrogen and oxygen atoms in total. The molecule has 1 saturated heterocycles. The molecule has 0 bridgehead atoms. The van der Waals surface area contributed by atoms with Gasteiger partial charge >= 0.3 is 0 Å². The topological polar surface area (TPSA) is 79.5 Å². The maximum Gasteiger partial charge on any atom is 0.246 e. The first-order valence-electron chi connectivity index (χ1n) is 8.56. The summed E-state index contributed by atoms with van der Waals surface area (Å²) in [6.45, 7) is 2.44. The third-order valence-corrected chi connectivity index (χ3v) is 4.73. The second-order valence-corrected chi connectivity index (χ2v) is 6.70. The van der Waals surface area contributed by atoms with E-state index < -0.39 is 6.04 Å². The second kappa shape index (κ2) is 6.31. The summed E-state index contributed by atoms with van der Waals surface area (Å²) in [6.07, 6.45) is 2.18. The Morgan fingerprint density at radius 3 is 2.64 bits per heavy atom. The van der Waals surface area contributed by atoms with Gasteiger partial charge in [0.05, 0.1) is 0 Å². The third kappa shape index (κ3) is 3.26. The van der Waals surface area contributed by atoms with Gasteiger partial charge in [-0.1, -0.05) is 35.5 Å². The molecule has 1 aliphatic carbocycles. The van der Waals surface area contributed by atoms with Crippen LogP contribution in [0.15, 0.2) is 34.9 Å².